The summed E-state index contributed by atoms with van der Waals surface area (Å²) in [5.41, 5.74) is 4.70. The van der Waals surface area contributed by atoms with Crippen molar-refractivity contribution < 1.29 is 4.79 Å². The molecule has 0 unspecified atom stereocenters. The molecule has 1 aliphatic heterocycles. The molecule has 0 spiro atoms. The van der Waals surface area contributed by atoms with Crippen molar-refractivity contribution in [1.82, 2.24) is 15.0 Å². The molecule has 23 heavy (non-hydrogen) atoms. The number of anilines is 1. The van der Waals surface area contributed by atoms with Crippen LogP contribution in [0.5, 0.6) is 0 Å². The van der Waals surface area contributed by atoms with Crippen molar-refractivity contribution in [3.8, 4) is 11.1 Å². The Morgan fingerprint density at radius 3 is 2.61 bits per heavy atom. The summed E-state index contributed by atoms with van der Waals surface area (Å²) in [7, 11) is 0. The second-order valence-corrected chi connectivity index (χ2v) is 5.48. The van der Waals surface area contributed by atoms with Gasteiger partial charge in [-0.2, -0.15) is 9.90 Å². The molecule has 114 valence electrons. The monoisotopic (exact) mass is 304 g/mol. The average molecular weight is 304 g/mol. The molecule has 0 radical (unpaired) electrons. The largest absolute Gasteiger partial charge is 0.302 e. The highest BCUT2D eigenvalue weighted by Gasteiger charge is 2.28. The average Bonchev–Trinajstić information content (AvgIpc) is 3.09. The zero-order chi connectivity index (χ0) is 15.8. The van der Waals surface area contributed by atoms with Crippen LogP contribution in [0.3, 0.4) is 0 Å². The van der Waals surface area contributed by atoms with E-state index in [1.54, 1.807) is 4.90 Å². The van der Waals surface area contributed by atoms with Gasteiger partial charge < -0.3 is 4.90 Å². The fourth-order valence-electron chi connectivity index (χ4n) is 2.98. The van der Waals surface area contributed by atoms with Gasteiger partial charge >= 0.3 is 0 Å². The van der Waals surface area contributed by atoms with Crippen LogP contribution in [0.15, 0.2) is 54.7 Å². The van der Waals surface area contributed by atoms with Gasteiger partial charge in [-0.05, 0) is 24.1 Å². The minimum atomic E-state index is -0.119. The first kappa shape index (κ1) is 13.7. The quantitative estimate of drug-likeness (QED) is 0.731. The molecule has 1 amide bonds. The molecule has 5 heteroatoms. The molecule has 1 aliphatic rings. The van der Waals surface area contributed by atoms with E-state index >= 15 is 0 Å². The van der Waals surface area contributed by atoms with E-state index in [9.17, 15) is 4.79 Å². The number of aryl methyl sites for hydroxylation is 1. The standard InChI is InChI=1S/C18H16N4O/c1-2-22-19-11-16(20-22)18(23)21-12-13-7-3-4-8-14(13)15-9-5-6-10-17(15)21/h3-11H,2,12H2,1H3. The van der Waals surface area contributed by atoms with E-state index in [2.05, 4.69) is 28.4 Å². The summed E-state index contributed by atoms with van der Waals surface area (Å²) in [5, 5.41) is 8.36. The Morgan fingerprint density at radius 2 is 1.83 bits per heavy atom. The Hall–Kier alpha value is -2.95. The predicted molar refractivity (Wildman–Crippen MR) is 88.1 cm³/mol. The van der Waals surface area contributed by atoms with Gasteiger partial charge in [-0.3, -0.25) is 4.79 Å². The summed E-state index contributed by atoms with van der Waals surface area (Å²) in [5.74, 6) is -0.119. The maximum atomic E-state index is 12.9. The van der Waals surface area contributed by atoms with E-state index in [0.29, 0.717) is 18.8 Å². The van der Waals surface area contributed by atoms with Gasteiger partial charge in [-0.1, -0.05) is 42.5 Å². The Bertz CT molecular complexity index is 884. The van der Waals surface area contributed by atoms with E-state index in [0.717, 1.165) is 16.8 Å². The number of hydrogen-bond acceptors (Lipinski definition) is 3. The van der Waals surface area contributed by atoms with E-state index in [1.807, 2.05) is 37.3 Å². The number of rotatable bonds is 2. The lowest BCUT2D eigenvalue weighted by atomic mass is 9.93. The second kappa shape index (κ2) is 5.35. The van der Waals surface area contributed by atoms with Gasteiger partial charge in [0.05, 0.1) is 25.0 Å². The number of carbonyl (C=O) groups excluding carboxylic acids is 1. The Balaban J connectivity index is 1.80. The van der Waals surface area contributed by atoms with Crippen molar-refractivity contribution in [2.75, 3.05) is 4.90 Å². The predicted octanol–water partition coefficient (Wildman–Crippen LogP) is 3.13. The molecule has 4 rings (SSSR count). The lowest BCUT2D eigenvalue weighted by molar-refractivity contribution is 0.0979. The van der Waals surface area contributed by atoms with E-state index in [-0.39, 0.29) is 5.91 Å². The third kappa shape index (κ3) is 2.21. The van der Waals surface area contributed by atoms with Gasteiger partial charge in [-0.15, -0.1) is 5.10 Å². The molecule has 0 fully saturated rings. The Kier molecular flexibility index (Phi) is 3.19. The summed E-state index contributed by atoms with van der Waals surface area (Å²) in [6.45, 7) is 3.14. The first-order chi connectivity index (χ1) is 11.3. The molecule has 2 heterocycles. The zero-order valence-electron chi connectivity index (χ0n) is 12.8. The summed E-state index contributed by atoms with van der Waals surface area (Å²) < 4.78 is 0. The molecule has 0 aliphatic carbocycles. The van der Waals surface area contributed by atoms with Crippen LogP contribution in [0.1, 0.15) is 23.0 Å². The second-order valence-electron chi connectivity index (χ2n) is 5.48. The van der Waals surface area contributed by atoms with Gasteiger partial charge in [0.1, 0.15) is 0 Å². The van der Waals surface area contributed by atoms with Crippen LogP contribution >= 0.6 is 0 Å². The van der Waals surface area contributed by atoms with Crippen molar-refractivity contribution in [1.29, 1.82) is 0 Å². The molecule has 0 bridgehead atoms. The highest BCUT2D eigenvalue weighted by Crippen LogP contribution is 2.39. The fraction of sp³-hybridized carbons (Fsp3) is 0.167. The summed E-state index contributed by atoms with van der Waals surface area (Å²) in [4.78, 5) is 16.2. The SMILES string of the molecule is CCn1ncc(C(=O)N2Cc3ccccc3-c3ccccc32)n1. The molecule has 5 nitrogen and oxygen atoms in total. The molecule has 0 N–H and O–H groups in total. The molecule has 0 saturated heterocycles. The molecule has 1 aromatic heterocycles. The Labute approximate surface area is 134 Å². The molecule has 3 aromatic rings. The highest BCUT2D eigenvalue weighted by atomic mass is 16.2. The first-order valence-electron chi connectivity index (χ1n) is 7.67. The first-order valence-corrected chi connectivity index (χ1v) is 7.67. The van der Waals surface area contributed by atoms with E-state index in [1.165, 1.54) is 16.6 Å². The van der Waals surface area contributed by atoms with Gasteiger partial charge in [0, 0.05) is 5.56 Å². The normalized spacial score (nSPS) is 12.7. The van der Waals surface area contributed by atoms with Crippen LogP contribution in [-0.4, -0.2) is 20.9 Å². The molecular weight excluding hydrogens is 288 g/mol. The smallest absolute Gasteiger partial charge is 0.280 e. The van der Waals surface area contributed by atoms with Crippen LogP contribution < -0.4 is 4.90 Å². The summed E-state index contributed by atoms with van der Waals surface area (Å²) >= 11 is 0. The Morgan fingerprint density at radius 1 is 1.09 bits per heavy atom. The van der Waals surface area contributed by atoms with Gasteiger partial charge in [0.25, 0.3) is 5.91 Å². The maximum absolute atomic E-state index is 12.9. The molecule has 2 aromatic carbocycles. The lowest BCUT2D eigenvalue weighted by Crippen LogP contribution is -2.33. The van der Waals surface area contributed by atoms with Gasteiger partial charge in [0.15, 0.2) is 5.69 Å². The van der Waals surface area contributed by atoms with Crippen LogP contribution in [0.25, 0.3) is 11.1 Å². The minimum Gasteiger partial charge on any atom is -0.302 e. The third-order valence-corrected chi connectivity index (χ3v) is 4.11. The van der Waals surface area contributed by atoms with Gasteiger partial charge in [-0.25, -0.2) is 0 Å². The van der Waals surface area contributed by atoms with Crippen molar-refractivity contribution in [2.24, 2.45) is 0 Å². The molecular formula is C18H16N4O. The number of hydrogen-bond donors (Lipinski definition) is 0. The summed E-state index contributed by atoms with van der Waals surface area (Å²) in [6, 6.07) is 16.2. The van der Waals surface area contributed by atoms with Crippen molar-refractivity contribution in [2.45, 2.75) is 20.0 Å². The number of para-hydroxylation sites is 1. The fourth-order valence-corrected chi connectivity index (χ4v) is 2.98. The number of aromatic nitrogens is 3. The minimum absolute atomic E-state index is 0.119. The maximum Gasteiger partial charge on any atom is 0.280 e. The highest BCUT2D eigenvalue weighted by molar-refractivity contribution is 6.08. The van der Waals surface area contributed by atoms with E-state index in [4.69, 9.17) is 0 Å². The van der Waals surface area contributed by atoms with Crippen LogP contribution in [0.4, 0.5) is 5.69 Å². The van der Waals surface area contributed by atoms with Crippen molar-refractivity contribution in [3.63, 3.8) is 0 Å². The van der Waals surface area contributed by atoms with E-state index < -0.39 is 0 Å². The van der Waals surface area contributed by atoms with Crippen LogP contribution in [-0.2, 0) is 13.1 Å². The number of amides is 1. The molecule has 0 atom stereocenters. The van der Waals surface area contributed by atoms with Crippen LogP contribution in [0, 0.1) is 0 Å². The number of carbonyl (C=O) groups is 1. The van der Waals surface area contributed by atoms with Gasteiger partial charge in [0.2, 0.25) is 0 Å². The number of fused-ring (bicyclic) bond motifs is 3. The van der Waals surface area contributed by atoms with Crippen molar-refractivity contribution >= 4 is 11.6 Å². The zero-order valence-corrected chi connectivity index (χ0v) is 12.8. The summed E-state index contributed by atoms with van der Waals surface area (Å²) in [6.07, 6.45) is 1.54. The number of nitrogens with zero attached hydrogens (tertiary/aromatic N) is 4. The van der Waals surface area contributed by atoms with Crippen LogP contribution in [0.2, 0.25) is 0 Å². The van der Waals surface area contributed by atoms with Crippen molar-refractivity contribution in [3.05, 3.63) is 66.0 Å². The number of benzene rings is 2. The topological polar surface area (TPSA) is 51.0 Å². The third-order valence-electron chi connectivity index (χ3n) is 4.11. The molecule has 0 saturated carbocycles. The lowest BCUT2D eigenvalue weighted by Gasteiger charge is -2.30.